The van der Waals surface area contributed by atoms with E-state index in [-0.39, 0.29) is 42.9 Å². The Morgan fingerprint density at radius 1 is 1.03 bits per heavy atom. The highest BCUT2D eigenvalue weighted by molar-refractivity contribution is 5.90. The van der Waals surface area contributed by atoms with Gasteiger partial charge >= 0.3 is 11.9 Å². The SMILES string of the molecule is CCC(Cc1cc(O)c(O)c(CCO)c1)(OC(=O)C=Cc1ccc(O)c(O)c1)C(=O)O. The zero-order valence-corrected chi connectivity index (χ0v) is 16.8. The van der Waals surface area contributed by atoms with Crippen LogP contribution in [-0.2, 0) is 27.2 Å². The molecule has 0 saturated carbocycles. The standard InChI is InChI=1S/C22H24O9/c1-2-22(21(29)30,12-14-9-15(7-8-23)20(28)18(26)11-14)31-19(27)6-4-13-3-5-16(24)17(25)10-13/h3-6,9-11,23-26,28H,2,7-8,12H2,1H3,(H,29,30). The summed E-state index contributed by atoms with van der Waals surface area (Å²) in [5.41, 5.74) is -1.05. The average Bonchev–Trinajstić information content (AvgIpc) is 2.72. The summed E-state index contributed by atoms with van der Waals surface area (Å²) in [5, 5.41) is 57.5. The third kappa shape index (κ3) is 5.67. The molecule has 2 aromatic rings. The lowest BCUT2D eigenvalue weighted by atomic mass is 9.90. The first-order valence-electron chi connectivity index (χ1n) is 9.43. The molecule has 1 atom stereocenters. The minimum absolute atomic E-state index is 0.0431. The fourth-order valence-electron chi connectivity index (χ4n) is 3.02. The molecule has 0 fully saturated rings. The number of carboxylic acid groups (broad SMARTS) is 1. The smallest absolute Gasteiger partial charge is 0.348 e. The lowest BCUT2D eigenvalue weighted by molar-refractivity contribution is -0.175. The molecule has 1 unspecified atom stereocenters. The Kier molecular flexibility index (Phi) is 7.49. The fourth-order valence-corrected chi connectivity index (χ4v) is 3.02. The number of rotatable bonds is 9. The van der Waals surface area contributed by atoms with Gasteiger partial charge in [0.05, 0.1) is 0 Å². The Morgan fingerprint density at radius 2 is 1.74 bits per heavy atom. The van der Waals surface area contributed by atoms with E-state index in [4.69, 9.17) is 9.84 Å². The van der Waals surface area contributed by atoms with Gasteiger partial charge in [-0.05, 0) is 48.2 Å². The van der Waals surface area contributed by atoms with Crippen molar-refractivity contribution >= 4 is 18.0 Å². The van der Waals surface area contributed by atoms with E-state index in [9.17, 15) is 35.1 Å². The second kappa shape index (κ2) is 9.86. The molecule has 31 heavy (non-hydrogen) atoms. The van der Waals surface area contributed by atoms with Crippen LogP contribution in [0.2, 0.25) is 0 Å². The number of ether oxygens (including phenoxy) is 1. The first kappa shape index (κ1) is 23.6. The molecule has 0 aliphatic carbocycles. The zero-order valence-electron chi connectivity index (χ0n) is 16.8. The number of hydrogen-bond donors (Lipinski definition) is 6. The minimum Gasteiger partial charge on any atom is -0.504 e. The number of esters is 1. The molecule has 2 rings (SSSR count). The van der Waals surface area contributed by atoms with Crippen molar-refractivity contribution in [3.63, 3.8) is 0 Å². The zero-order chi connectivity index (χ0) is 23.2. The first-order valence-corrected chi connectivity index (χ1v) is 9.43. The maximum absolute atomic E-state index is 12.3. The van der Waals surface area contributed by atoms with Gasteiger partial charge in [-0.1, -0.05) is 19.1 Å². The fraction of sp³-hybridized carbons (Fsp3) is 0.273. The Hall–Kier alpha value is -3.72. The number of phenols is 4. The number of carbonyl (C=O) groups is 2. The molecule has 0 aromatic heterocycles. The van der Waals surface area contributed by atoms with Gasteiger partial charge in [-0.25, -0.2) is 9.59 Å². The molecule has 0 amide bonds. The highest BCUT2D eigenvalue weighted by Crippen LogP contribution is 2.33. The third-order valence-electron chi connectivity index (χ3n) is 4.77. The summed E-state index contributed by atoms with van der Waals surface area (Å²) in [5.74, 6) is -3.93. The molecule has 166 valence electrons. The Balaban J connectivity index is 2.28. The molecular weight excluding hydrogens is 408 g/mol. The molecule has 0 heterocycles. The van der Waals surface area contributed by atoms with Gasteiger partial charge in [-0.2, -0.15) is 0 Å². The van der Waals surface area contributed by atoms with E-state index in [1.165, 1.54) is 43.3 Å². The highest BCUT2D eigenvalue weighted by atomic mass is 16.6. The number of carbonyl (C=O) groups excluding carboxylic acids is 1. The molecular formula is C22H24O9. The molecule has 0 bridgehead atoms. The quantitative estimate of drug-likeness (QED) is 0.198. The van der Waals surface area contributed by atoms with Crippen LogP contribution in [0.1, 0.15) is 30.0 Å². The maximum Gasteiger partial charge on any atom is 0.348 e. The second-order valence-corrected chi connectivity index (χ2v) is 6.93. The molecule has 2 aromatic carbocycles. The molecule has 0 saturated heterocycles. The lowest BCUT2D eigenvalue weighted by Crippen LogP contribution is -2.44. The summed E-state index contributed by atoms with van der Waals surface area (Å²) in [6.45, 7) is 1.24. The topological polar surface area (TPSA) is 165 Å². The summed E-state index contributed by atoms with van der Waals surface area (Å²) in [6, 6.07) is 6.49. The molecule has 0 aliphatic rings. The predicted octanol–water partition coefficient (Wildman–Crippen LogP) is 2.08. The summed E-state index contributed by atoms with van der Waals surface area (Å²) < 4.78 is 5.27. The van der Waals surface area contributed by atoms with E-state index < -0.39 is 29.0 Å². The Bertz CT molecular complexity index is 997. The summed E-state index contributed by atoms with van der Waals surface area (Å²) in [7, 11) is 0. The first-order chi connectivity index (χ1) is 14.6. The van der Waals surface area contributed by atoms with Crippen LogP contribution in [0.5, 0.6) is 23.0 Å². The van der Waals surface area contributed by atoms with Crippen molar-refractivity contribution in [3.05, 3.63) is 53.1 Å². The molecule has 9 nitrogen and oxygen atoms in total. The predicted molar refractivity (Wildman–Crippen MR) is 110 cm³/mol. The van der Waals surface area contributed by atoms with Gasteiger partial charge in [0, 0.05) is 24.7 Å². The highest BCUT2D eigenvalue weighted by Gasteiger charge is 2.41. The van der Waals surface area contributed by atoms with Gasteiger partial charge in [0.1, 0.15) is 0 Å². The van der Waals surface area contributed by atoms with E-state index in [0.717, 1.165) is 6.08 Å². The van der Waals surface area contributed by atoms with Gasteiger partial charge in [0.2, 0.25) is 5.60 Å². The number of benzene rings is 2. The molecule has 6 N–H and O–H groups in total. The van der Waals surface area contributed by atoms with Crippen LogP contribution in [-0.4, -0.2) is 54.8 Å². The number of aromatic hydroxyl groups is 4. The van der Waals surface area contributed by atoms with Crippen LogP contribution in [0.15, 0.2) is 36.4 Å². The monoisotopic (exact) mass is 432 g/mol. The van der Waals surface area contributed by atoms with Crippen molar-refractivity contribution in [2.24, 2.45) is 0 Å². The number of hydrogen-bond acceptors (Lipinski definition) is 8. The van der Waals surface area contributed by atoms with Crippen molar-refractivity contribution in [2.75, 3.05) is 6.61 Å². The van der Waals surface area contributed by atoms with Crippen molar-refractivity contribution in [3.8, 4) is 23.0 Å². The van der Waals surface area contributed by atoms with Crippen LogP contribution in [0.3, 0.4) is 0 Å². The van der Waals surface area contributed by atoms with Gasteiger partial charge in [0.15, 0.2) is 23.0 Å². The number of carboxylic acids is 1. The maximum atomic E-state index is 12.3. The number of aliphatic hydroxyl groups excluding tert-OH is 1. The molecule has 0 spiro atoms. The van der Waals surface area contributed by atoms with E-state index in [0.29, 0.717) is 11.1 Å². The number of aliphatic carboxylic acids is 1. The van der Waals surface area contributed by atoms with E-state index >= 15 is 0 Å². The van der Waals surface area contributed by atoms with Crippen LogP contribution < -0.4 is 0 Å². The van der Waals surface area contributed by atoms with Crippen molar-refractivity contribution < 1.29 is 45.0 Å². The summed E-state index contributed by atoms with van der Waals surface area (Å²) in [6.07, 6.45) is 1.95. The third-order valence-corrected chi connectivity index (χ3v) is 4.77. The lowest BCUT2D eigenvalue weighted by Gasteiger charge is -2.28. The molecule has 0 radical (unpaired) electrons. The van der Waals surface area contributed by atoms with Gasteiger partial charge in [-0.3, -0.25) is 0 Å². The van der Waals surface area contributed by atoms with Gasteiger partial charge in [-0.15, -0.1) is 0 Å². The second-order valence-electron chi connectivity index (χ2n) is 6.93. The number of phenolic OH excluding ortho intramolecular Hbond substituents is 4. The largest absolute Gasteiger partial charge is 0.504 e. The van der Waals surface area contributed by atoms with Crippen molar-refractivity contribution in [2.45, 2.75) is 31.8 Å². The van der Waals surface area contributed by atoms with Crippen molar-refractivity contribution in [1.82, 2.24) is 0 Å². The molecule has 0 aliphatic heterocycles. The van der Waals surface area contributed by atoms with Gasteiger partial charge < -0.3 is 35.4 Å². The number of aliphatic hydroxyl groups is 1. The Morgan fingerprint density at radius 3 is 2.32 bits per heavy atom. The van der Waals surface area contributed by atoms with E-state index in [1.54, 1.807) is 0 Å². The molecule has 9 heteroatoms. The van der Waals surface area contributed by atoms with Crippen LogP contribution >= 0.6 is 0 Å². The van der Waals surface area contributed by atoms with Crippen LogP contribution in [0, 0.1) is 0 Å². The van der Waals surface area contributed by atoms with Crippen LogP contribution in [0.4, 0.5) is 0 Å². The average molecular weight is 432 g/mol. The Labute approximate surface area is 178 Å². The van der Waals surface area contributed by atoms with E-state index in [1.807, 2.05) is 0 Å². The normalized spacial score (nSPS) is 13.1. The van der Waals surface area contributed by atoms with Gasteiger partial charge in [0.25, 0.3) is 0 Å². The minimum atomic E-state index is -1.95. The van der Waals surface area contributed by atoms with Crippen LogP contribution in [0.25, 0.3) is 6.08 Å². The summed E-state index contributed by atoms with van der Waals surface area (Å²) >= 11 is 0. The van der Waals surface area contributed by atoms with E-state index in [2.05, 4.69) is 0 Å². The van der Waals surface area contributed by atoms with Crippen molar-refractivity contribution in [1.29, 1.82) is 0 Å². The summed E-state index contributed by atoms with van der Waals surface area (Å²) in [4.78, 5) is 24.3.